The zero-order valence-corrected chi connectivity index (χ0v) is 13.0. The van der Waals surface area contributed by atoms with Gasteiger partial charge < -0.3 is 15.5 Å². The van der Waals surface area contributed by atoms with Crippen LogP contribution in [0.5, 0.6) is 0 Å². The Morgan fingerprint density at radius 3 is 2.45 bits per heavy atom. The molecule has 3 heteroatoms. The second-order valence-corrected chi connectivity index (χ2v) is 6.90. The van der Waals surface area contributed by atoms with Crippen LogP contribution in [0.1, 0.15) is 26.7 Å². The molecule has 0 atom stereocenters. The Morgan fingerprint density at radius 2 is 1.85 bits per heavy atom. The summed E-state index contributed by atoms with van der Waals surface area (Å²) in [5, 5.41) is 0. The van der Waals surface area contributed by atoms with Gasteiger partial charge in [0.25, 0.3) is 0 Å². The van der Waals surface area contributed by atoms with Crippen molar-refractivity contribution in [1.29, 1.82) is 0 Å². The first kappa shape index (κ1) is 13.7. The molecule has 0 saturated heterocycles. The van der Waals surface area contributed by atoms with Crippen LogP contribution in [0.25, 0.3) is 0 Å². The molecule has 3 nitrogen and oxygen atoms in total. The molecule has 1 aliphatic heterocycles. The fourth-order valence-corrected chi connectivity index (χ4v) is 3.88. The molecular formula is C17H27N3. The summed E-state index contributed by atoms with van der Waals surface area (Å²) in [6.07, 6.45) is 2.50. The highest BCUT2D eigenvalue weighted by Gasteiger charge is 2.49. The van der Waals surface area contributed by atoms with E-state index in [1.807, 2.05) is 0 Å². The van der Waals surface area contributed by atoms with E-state index in [9.17, 15) is 0 Å². The third kappa shape index (κ3) is 1.99. The Labute approximate surface area is 122 Å². The lowest BCUT2D eigenvalue weighted by atomic mass is 9.63. The summed E-state index contributed by atoms with van der Waals surface area (Å²) in [5.41, 5.74) is 9.12. The van der Waals surface area contributed by atoms with Crippen molar-refractivity contribution in [2.45, 2.75) is 32.2 Å². The fourth-order valence-electron chi connectivity index (χ4n) is 3.88. The number of nitrogens with two attached hydrogens (primary N) is 1. The van der Waals surface area contributed by atoms with Crippen LogP contribution < -0.4 is 15.5 Å². The van der Waals surface area contributed by atoms with Gasteiger partial charge in [0.15, 0.2) is 0 Å². The van der Waals surface area contributed by atoms with Gasteiger partial charge in [-0.25, -0.2) is 0 Å². The minimum atomic E-state index is 0.201. The zero-order valence-electron chi connectivity index (χ0n) is 13.0. The van der Waals surface area contributed by atoms with E-state index in [0.29, 0.717) is 0 Å². The van der Waals surface area contributed by atoms with Gasteiger partial charge >= 0.3 is 0 Å². The average Bonchev–Trinajstić information content (AvgIpc) is 2.40. The molecular weight excluding hydrogens is 246 g/mol. The Kier molecular flexibility index (Phi) is 3.41. The number of likely N-dealkylation sites (N-methyl/N-ethyl adjacent to an activating group) is 1. The molecule has 1 aromatic carbocycles. The largest absolute Gasteiger partial charge is 0.371 e. The number of fused-ring (bicyclic) bond motifs is 1. The quantitative estimate of drug-likeness (QED) is 0.919. The molecule has 1 fully saturated rings. The molecule has 1 aliphatic carbocycles. The number of nitrogens with zero attached hydrogens (tertiary/aromatic N) is 2. The number of hydrogen-bond acceptors (Lipinski definition) is 3. The smallest absolute Gasteiger partial charge is 0.0609 e. The van der Waals surface area contributed by atoms with Crippen LogP contribution >= 0.6 is 0 Å². The van der Waals surface area contributed by atoms with Gasteiger partial charge in [-0.3, -0.25) is 0 Å². The van der Waals surface area contributed by atoms with Crippen LogP contribution in [-0.2, 0) is 0 Å². The van der Waals surface area contributed by atoms with Crippen LogP contribution in [-0.4, -0.2) is 32.2 Å². The highest BCUT2D eigenvalue weighted by molar-refractivity contribution is 5.74. The van der Waals surface area contributed by atoms with Crippen LogP contribution in [0.4, 0.5) is 11.4 Å². The number of rotatable bonds is 3. The first-order valence-electron chi connectivity index (χ1n) is 7.85. The number of anilines is 2. The monoisotopic (exact) mass is 273 g/mol. The lowest BCUT2D eigenvalue weighted by Gasteiger charge is -2.58. The predicted octanol–water partition coefficient (Wildman–Crippen LogP) is 2.71. The third-order valence-electron chi connectivity index (χ3n) is 5.42. The van der Waals surface area contributed by atoms with Crippen molar-refractivity contribution in [1.82, 2.24) is 0 Å². The second-order valence-electron chi connectivity index (χ2n) is 6.90. The topological polar surface area (TPSA) is 32.5 Å². The average molecular weight is 273 g/mol. The minimum Gasteiger partial charge on any atom is -0.371 e. The maximum absolute atomic E-state index is 6.20. The summed E-state index contributed by atoms with van der Waals surface area (Å²) in [7, 11) is 2.18. The first-order valence-corrected chi connectivity index (χ1v) is 7.85. The SMILES string of the molecule is CC(C)C1CC(CN)(N2CCN(C)c3ccccc32)C1. The van der Waals surface area contributed by atoms with Gasteiger partial charge in [0.2, 0.25) is 0 Å². The molecule has 1 saturated carbocycles. The molecule has 20 heavy (non-hydrogen) atoms. The summed E-state index contributed by atoms with van der Waals surface area (Å²) in [4.78, 5) is 4.95. The van der Waals surface area contributed by atoms with Gasteiger partial charge in [0, 0.05) is 26.7 Å². The van der Waals surface area contributed by atoms with Crippen molar-refractivity contribution in [2.24, 2.45) is 17.6 Å². The molecule has 1 heterocycles. The van der Waals surface area contributed by atoms with Gasteiger partial charge in [0.05, 0.1) is 16.9 Å². The standard InChI is InChI=1S/C17H27N3/c1-13(2)14-10-17(11-14,12-18)20-9-8-19(3)15-6-4-5-7-16(15)20/h4-7,13-14H,8-12,18H2,1-3H3. The van der Waals surface area contributed by atoms with Gasteiger partial charge in [-0.2, -0.15) is 0 Å². The van der Waals surface area contributed by atoms with Gasteiger partial charge in [0.1, 0.15) is 0 Å². The summed E-state index contributed by atoms with van der Waals surface area (Å²) < 4.78 is 0. The Balaban J connectivity index is 1.89. The van der Waals surface area contributed by atoms with E-state index in [1.54, 1.807) is 0 Å². The van der Waals surface area contributed by atoms with E-state index in [2.05, 4.69) is 55.0 Å². The van der Waals surface area contributed by atoms with Crippen LogP contribution in [0.3, 0.4) is 0 Å². The Bertz CT molecular complexity index is 477. The van der Waals surface area contributed by atoms with E-state index in [-0.39, 0.29) is 5.54 Å². The zero-order chi connectivity index (χ0) is 14.3. The molecule has 0 amide bonds. The van der Waals surface area contributed by atoms with Gasteiger partial charge in [-0.1, -0.05) is 26.0 Å². The fraction of sp³-hybridized carbons (Fsp3) is 0.647. The number of benzene rings is 1. The van der Waals surface area contributed by atoms with E-state index in [4.69, 9.17) is 5.73 Å². The van der Waals surface area contributed by atoms with Crippen molar-refractivity contribution in [3.05, 3.63) is 24.3 Å². The molecule has 0 radical (unpaired) electrons. The number of para-hydroxylation sites is 2. The van der Waals surface area contributed by atoms with Gasteiger partial charge in [-0.15, -0.1) is 0 Å². The van der Waals surface area contributed by atoms with Crippen molar-refractivity contribution in [3.63, 3.8) is 0 Å². The normalized spacial score (nSPS) is 29.4. The second kappa shape index (κ2) is 4.96. The van der Waals surface area contributed by atoms with E-state index in [0.717, 1.165) is 31.5 Å². The Hall–Kier alpha value is -1.22. The highest BCUT2D eigenvalue weighted by Crippen LogP contribution is 2.49. The highest BCUT2D eigenvalue weighted by atomic mass is 15.3. The van der Waals surface area contributed by atoms with Crippen molar-refractivity contribution in [2.75, 3.05) is 36.5 Å². The lowest BCUT2D eigenvalue weighted by Crippen LogP contribution is -2.65. The molecule has 110 valence electrons. The maximum Gasteiger partial charge on any atom is 0.0609 e. The van der Waals surface area contributed by atoms with E-state index in [1.165, 1.54) is 24.2 Å². The molecule has 3 rings (SSSR count). The van der Waals surface area contributed by atoms with Crippen molar-refractivity contribution in [3.8, 4) is 0 Å². The van der Waals surface area contributed by atoms with Crippen LogP contribution in [0.15, 0.2) is 24.3 Å². The van der Waals surface area contributed by atoms with E-state index < -0.39 is 0 Å². The number of hydrogen-bond donors (Lipinski definition) is 1. The van der Waals surface area contributed by atoms with Crippen LogP contribution in [0.2, 0.25) is 0 Å². The minimum absolute atomic E-state index is 0.201. The summed E-state index contributed by atoms with van der Waals surface area (Å²) in [6, 6.07) is 8.76. The van der Waals surface area contributed by atoms with Crippen molar-refractivity contribution < 1.29 is 0 Å². The first-order chi connectivity index (χ1) is 9.57. The predicted molar refractivity (Wildman–Crippen MR) is 86.4 cm³/mol. The molecule has 2 aliphatic rings. The summed E-state index contributed by atoms with van der Waals surface area (Å²) in [5.74, 6) is 1.61. The van der Waals surface area contributed by atoms with Crippen LogP contribution in [0, 0.1) is 11.8 Å². The molecule has 0 unspecified atom stereocenters. The molecule has 0 spiro atoms. The Morgan fingerprint density at radius 1 is 1.20 bits per heavy atom. The van der Waals surface area contributed by atoms with Crippen molar-refractivity contribution >= 4 is 11.4 Å². The molecule has 0 bridgehead atoms. The van der Waals surface area contributed by atoms with E-state index >= 15 is 0 Å². The lowest BCUT2D eigenvalue weighted by molar-refractivity contribution is 0.102. The third-order valence-corrected chi connectivity index (χ3v) is 5.42. The molecule has 2 N–H and O–H groups in total. The molecule has 0 aromatic heterocycles. The summed E-state index contributed by atoms with van der Waals surface area (Å²) in [6.45, 7) is 7.63. The molecule has 1 aromatic rings. The maximum atomic E-state index is 6.20. The van der Waals surface area contributed by atoms with Gasteiger partial charge in [-0.05, 0) is 36.8 Å². The summed E-state index contributed by atoms with van der Waals surface area (Å²) >= 11 is 0.